The van der Waals surface area contributed by atoms with E-state index in [4.69, 9.17) is 16.0 Å². The maximum Gasteiger partial charge on any atom is 0.153 e. The molecule has 1 aromatic carbocycles. The molecule has 3 rings (SSSR count). The second-order valence-electron chi connectivity index (χ2n) is 4.47. The van der Waals surface area contributed by atoms with Crippen LogP contribution in [0.4, 0.5) is 0 Å². The largest absolute Gasteiger partial charge is 0.462 e. The maximum absolute atomic E-state index is 6.11. The predicted molar refractivity (Wildman–Crippen MR) is 73.7 cm³/mol. The molecule has 0 radical (unpaired) electrons. The van der Waals surface area contributed by atoms with E-state index < -0.39 is 0 Å². The van der Waals surface area contributed by atoms with E-state index in [-0.39, 0.29) is 0 Å². The molecule has 0 unspecified atom stereocenters. The van der Waals surface area contributed by atoms with Gasteiger partial charge in [0.1, 0.15) is 0 Å². The normalized spacial score (nSPS) is 15.6. The van der Waals surface area contributed by atoms with Crippen LogP contribution in [-0.2, 0) is 6.42 Å². The Kier molecular flexibility index (Phi) is 3.16. The Hall–Kier alpha value is -0.510. The van der Waals surface area contributed by atoms with Crippen LogP contribution in [0.1, 0.15) is 18.4 Å². The molecule has 0 amide bonds. The van der Waals surface area contributed by atoms with Gasteiger partial charge in [-0.3, -0.25) is 0 Å². The highest BCUT2D eigenvalue weighted by molar-refractivity contribution is 9.10. The van der Waals surface area contributed by atoms with Crippen LogP contribution in [0.5, 0.6) is 0 Å². The van der Waals surface area contributed by atoms with Crippen LogP contribution in [0.2, 0.25) is 5.02 Å². The Morgan fingerprint density at radius 3 is 3.00 bits per heavy atom. The van der Waals surface area contributed by atoms with Crippen LogP contribution in [0.3, 0.4) is 0 Å². The molecule has 0 bridgehead atoms. The summed E-state index contributed by atoms with van der Waals surface area (Å²) in [7, 11) is 0. The van der Waals surface area contributed by atoms with Crippen LogP contribution in [0.15, 0.2) is 27.3 Å². The highest BCUT2D eigenvalue weighted by atomic mass is 79.9. The molecule has 0 aliphatic heterocycles. The Labute approximate surface area is 113 Å². The van der Waals surface area contributed by atoms with Crippen molar-refractivity contribution in [3.63, 3.8) is 0 Å². The van der Waals surface area contributed by atoms with Gasteiger partial charge in [-0.15, -0.1) is 0 Å². The molecule has 0 saturated heterocycles. The lowest BCUT2D eigenvalue weighted by atomic mass is 10.1. The third-order valence-electron chi connectivity index (χ3n) is 3.10. The molecule has 2 nitrogen and oxygen atoms in total. The molecule has 1 heterocycles. The van der Waals surface area contributed by atoms with Crippen LogP contribution in [0.25, 0.3) is 11.0 Å². The molecule has 0 atom stereocenters. The smallest absolute Gasteiger partial charge is 0.153 e. The van der Waals surface area contributed by atoms with Crippen molar-refractivity contribution in [2.24, 2.45) is 0 Å². The number of hydrogen-bond acceptors (Lipinski definition) is 2. The van der Waals surface area contributed by atoms with Crippen molar-refractivity contribution in [2.45, 2.75) is 25.3 Å². The Morgan fingerprint density at radius 1 is 1.41 bits per heavy atom. The molecular weight excluding hydrogens is 302 g/mol. The summed E-state index contributed by atoms with van der Waals surface area (Å²) in [5.41, 5.74) is 1.99. The van der Waals surface area contributed by atoms with Crippen molar-refractivity contribution in [1.29, 1.82) is 0 Å². The van der Waals surface area contributed by atoms with Gasteiger partial charge < -0.3 is 9.73 Å². The number of hydrogen-bond donors (Lipinski definition) is 1. The summed E-state index contributed by atoms with van der Waals surface area (Å²) in [6.45, 7) is 0.998. The van der Waals surface area contributed by atoms with Gasteiger partial charge in [0.25, 0.3) is 0 Å². The van der Waals surface area contributed by atoms with E-state index >= 15 is 0 Å². The van der Waals surface area contributed by atoms with Gasteiger partial charge in [0, 0.05) is 21.5 Å². The van der Waals surface area contributed by atoms with Crippen molar-refractivity contribution >= 4 is 38.5 Å². The fraction of sp³-hybridized carbons (Fsp3) is 0.385. The van der Waals surface area contributed by atoms with Gasteiger partial charge in [0.2, 0.25) is 0 Å². The van der Waals surface area contributed by atoms with E-state index in [1.165, 1.54) is 18.4 Å². The monoisotopic (exact) mass is 313 g/mol. The second-order valence-corrected chi connectivity index (χ2v) is 5.73. The predicted octanol–water partition coefficient (Wildman–Crippen LogP) is 4.14. The van der Waals surface area contributed by atoms with Crippen LogP contribution in [0, 0.1) is 0 Å². The van der Waals surface area contributed by atoms with Gasteiger partial charge in [0.05, 0.1) is 11.3 Å². The lowest BCUT2D eigenvalue weighted by Gasteiger charge is -2.02. The molecule has 1 aliphatic rings. The van der Waals surface area contributed by atoms with Gasteiger partial charge in [0.15, 0.2) is 5.58 Å². The van der Waals surface area contributed by atoms with E-state index in [2.05, 4.69) is 21.2 Å². The number of furan rings is 1. The summed E-state index contributed by atoms with van der Waals surface area (Å²) >= 11 is 9.66. The van der Waals surface area contributed by atoms with E-state index in [1.807, 2.05) is 18.4 Å². The summed E-state index contributed by atoms with van der Waals surface area (Å²) in [5, 5.41) is 5.28. The average molecular weight is 315 g/mol. The molecule has 0 spiro atoms. The highest BCUT2D eigenvalue weighted by Crippen LogP contribution is 2.34. The number of benzene rings is 1. The third-order valence-corrected chi connectivity index (χ3v) is 4.06. The zero-order valence-electron chi connectivity index (χ0n) is 9.30. The SMILES string of the molecule is Clc1ccc(Br)c2c(CCNC3CC3)coc12. The first-order valence-electron chi connectivity index (χ1n) is 5.83. The number of nitrogens with one attached hydrogen (secondary N) is 1. The molecule has 1 fully saturated rings. The van der Waals surface area contributed by atoms with Gasteiger partial charge in [-0.1, -0.05) is 27.5 Å². The maximum atomic E-state index is 6.11. The Morgan fingerprint density at radius 2 is 2.24 bits per heavy atom. The Bertz CT molecular complexity index is 548. The van der Waals surface area contributed by atoms with Crippen LogP contribution >= 0.6 is 27.5 Å². The first-order valence-corrected chi connectivity index (χ1v) is 7.00. The molecular formula is C13H13BrClNO. The quantitative estimate of drug-likeness (QED) is 0.917. The van der Waals surface area contributed by atoms with Gasteiger partial charge in [-0.05, 0) is 37.9 Å². The highest BCUT2D eigenvalue weighted by Gasteiger charge is 2.20. The van der Waals surface area contributed by atoms with E-state index in [0.29, 0.717) is 5.02 Å². The molecule has 1 aromatic heterocycles. The second kappa shape index (κ2) is 4.63. The average Bonchev–Trinajstić information content (AvgIpc) is 3.03. The van der Waals surface area contributed by atoms with Crippen LogP contribution < -0.4 is 5.32 Å². The van der Waals surface area contributed by atoms with E-state index in [0.717, 1.165) is 34.4 Å². The van der Waals surface area contributed by atoms with Crippen molar-refractivity contribution in [2.75, 3.05) is 6.54 Å². The summed E-state index contributed by atoms with van der Waals surface area (Å²) in [6, 6.07) is 4.57. The number of fused-ring (bicyclic) bond motifs is 1. The minimum Gasteiger partial charge on any atom is -0.462 e. The van der Waals surface area contributed by atoms with Gasteiger partial charge in [-0.2, -0.15) is 0 Å². The topological polar surface area (TPSA) is 25.2 Å². The van der Waals surface area contributed by atoms with Gasteiger partial charge >= 0.3 is 0 Å². The van der Waals surface area contributed by atoms with Crippen molar-refractivity contribution in [3.05, 3.63) is 33.5 Å². The standard InChI is InChI=1S/C13H13BrClNO/c14-10-3-4-11(15)13-12(10)8(7-17-13)5-6-16-9-1-2-9/h3-4,7,9,16H,1-2,5-6H2. The fourth-order valence-electron chi connectivity index (χ4n) is 2.02. The lowest BCUT2D eigenvalue weighted by molar-refractivity contribution is 0.605. The molecule has 17 heavy (non-hydrogen) atoms. The van der Waals surface area contributed by atoms with Gasteiger partial charge in [-0.25, -0.2) is 0 Å². The zero-order valence-corrected chi connectivity index (χ0v) is 11.6. The third kappa shape index (κ3) is 2.37. The molecule has 1 N–H and O–H groups in total. The van der Waals surface area contributed by atoms with Crippen LogP contribution in [-0.4, -0.2) is 12.6 Å². The number of halogens is 2. The minimum absolute atomic E-state index is 0.671. The number of rotatable bonds is 4. The first kappa shape index (κ1) is 11.6. The lowest BCUT2D eigenvalue weighted by Crippen LogP contribution is -2.19. The summed E-state index contributed by atoms with van der Waals surface area (Å²) < 4.78 is 6.59. The minimum atomic E-state index is 0.671. The van der Waals surface area contributed by atoms with Crippen molar-refractivity contribution < 1.29 is 4.42 Å². The molecule has 90 valence electrons. The summed E-state index contributed by atoms with van der Waals surface area (Å²) in [6.07, 6.45) is 5.43. The molecule has 1 saturated carbocycles. The molecule has 2 aromatic rings. The summed E-state index contributed by atoms with van der Waals surface area (Å²) in [4.78, 5) is 0. The Balaban J connectivity index is 1.85. The zero-order chi connectivity index (χ0) is 11.8. The fourth-order valence-corrected chi connectivity index (χ4v) is 2.79. The van der Waals surface area contributed by atoms with Crippen molar-refractivity contribution in [1.82, 2.24) is 5.32 Å². The molecule has 1 aliphatic carbocycles. The molecule has 4 heteroatoms. The van der Waals surface area contributed by atoms with Crippen molar-refractivity contribution in [3.8, 4) is 0 Å². The van der Waals surface area contributed by atoms with E-state index in [9.17, 15) is 0 Å². The first-order chi connectivity index (χ1) is 8.25. The summed E-state index contributed by atoms with van der Waals surface area (Å²) in [5.74, 6) is 0. The van der Waals surface area contributed by atoms with E-state index in [1.54, 1.807) is 0 Å².